The highest BCUT2D eigenvalue weighted by molar-refractivity contribution is 5.98. The fourth-order valence-corrected chi connectivity index (χ4v) is 4.29. The standard InChI is InChI=1S/C26H30F3NO5/c1-16-8-11-25(12-9-16,24(33)34)30-23(32)19-6-7-21(20(15-19)22(31)26(27,28)29)35-13-10-18-5-3-4-17(2)14-18/h3-7,14-16,22,31H,8-13H2,1-2H3,(H,30,32)(H,33,34)/t16-,22-,25+/m1/s1. The van der Waals surface area contributed by atoms with Crippen LogP contribution in [0.5, 0.6) is 5.75 Å². The van der Waals surface area contributed by atoms with Crippen LogP contribution < -0.4 is 10.1 Å². The predicted octanol–water partition coefficient (Wildman–Crippen LogP) is 4.98. The molecule has 35 heavy (non-hydrogen) atoms. The first kappa shape index (κ1) is 26.5. The van der Waals surface area contributed by atoms with Gasteiger partial charge >= 0.3 is 12.1 Å². The molecule has 2 aromatic rings. The minimum atomic E-state index is -4.98. The predicted molar refractivity (Wildman–Crippen MR) is 123 cm³/mol. The van der Waals surface area contributed by atoms with E-state index in [-0.39, 0.29) is 30.8 Å². The number of alkyl halides is 3. The lowest BCUT2D eigenvalue weighted by atomic mass is 9.77. The fourth-order valence-electron chi connectivity index (χ4n) is 4.29. The monoisotopic (exact) mass is 493 g/mol. The van der Waals surface area contributed by atoms with Crippen LogP contribution in [0.2, 0.25) is 0 Å². The van der Waals surface area contributed by atoms with E-state index in [0.29, 0.717) is 25.2 Å². The van der Waals surface area contributed by atoms with E-state index in [1.807, 2.05) is 38.1 Å². The second-order valence-corrected chi connectivity index (χ2v) is 9.31. The molecule has 0 radical (unpaired) electrons. The van der Waals surface area contributed by atoms with Crippen molar-refractivity contribution < 1.29 is 37.7 Å². The van der Waals surface area contributed by atoms with Gasteiger partial charge in [0, 0.05) is 17.5 Å². The van der Waals surface area contributed by atoms with E-state index < -0.39 is 35.3 Å². The fraction of sp³-hybridized carbons (Fsp3) is 0.462. The Balaban J connectivity index is 1.82. The van der Waals surface area contributed by atoms with Gasteiger partial charge in [-0.3, -0.25) is 4.79 Å². The number of hydrogen-bond donors (Lipinski definition) is 3. The van der Waals surface area contributed by atoms with Gasteiger partial charge in [0.1, 0.15) is 11.3 Å². The second kappa shape index (κ2) is 10.7. The smallest absolute Gasteiger partial charge is 0.418 e. The van der Waals surface area contributed by atoms with Crippen LogP contribution in [-0.2, 0) is 11.2 Å². The lowest BCUT2D eigenvalue weighted by molar-refractivity contribution is -0.207. The Kier molecular flexibility index (Phi) is 8.10. The highest BCUT2D eigenvalue weighted by Gasteiger charge is 2.44. The Morgan fingerprint density at radius 2 is 1.86 bits per heavy atom. The number of nitrogens with one attached hydrogen (secondary N) is 1. The molecule has 0 aliphatic heterocycles. The van der Waals surface area contributed by atoms with E-state index in [0.717, 1.165) is 17.2 Å². The van der Waals surface area contributed by atoms with Gasteiger partial charge in [0.2, 0.25) is 0 Å². The quantitative estimate of drug-likeness (QED) is 0.482. The molecule has 0 spiro atoms. The molecular formula is C26H30F3NO5. The summed E-state index contributed by atoms with van der Waals surface area (Å²) in [4.78, 5) is 24.8. The number of aliphatic hydroxyl groups is 1. The van der Waals surface area contributed by atoms with E-state index in [4.69, 9.17) is 4.74 Å². The van der Waals surface area contributed by atoms with Crippen LogP contribution in [-0.4, -0.2) is 40.4 Å². The summed E-state index contributed by atoms with van der Waals surface area (Å²) in [6.07, 6.45) is -5.73. The zero-order valence-electron chi connectivity index (χ0n) is 19.7. The van der Waals surface area contributed by atoms with E-state index in [2.05, 4.69) is 5.32 Å². The van der Waals surface area contributed by atoms with Gasteiger partial charge in [-0.15, -0.1) is 0 Å². The zero-order valence-corrected chi connectivity index (χ0v) is 19.7. The number of aryl methyl sites for hydroxylation is 1. The number of halogens is 3. The number of benzene rings is 2. The molecule has 0 bridgehead atoms. The van der Waals surface area contributed by atoms with Gasteiger partial charge in [-0.2, -0.15) is 13.2 Å². The number of carbonyl (C=O) groups excluding carboxylic acids is 1. The zero-order chi connectivity index (χ0) is 25.8. The Bertz CT molecular complexity index is 1060. The average Bonchev–Trinajstić information content (AvgIpc) is 2.79. The highest BCUT2D eigenvalue weighted by atomic mass is 19.4. The molecule has 3 rings (SSSR count). The van der Waals surface area contributed by atoms with Crippen molar-refractivity contribution in [2.45, 2.75) is 63.8 Å². The van der Waals surface area contributed by atoms with E-state index >= 15 is 0 Å². The van der Waals surface area contributed by atoms with Gasteiger partial charge in [-0.1, -0.05) is 36.8 Å². The third-order valence-electron chi connectivity index (χ3n) is 6.50. The van der Waals surface area contributed by atoms with Gasteiger partial charge in [0.15, 0.2) is 6.10 Å². The SMILES string of the molecule is Cc1cccc(CCOc2ccc(C(=O)N[C@]3(C(=O)O)CC[C@H](C)CC3)cc2[C@@H](O)C(F)(F)F)c1. The van der Waals surface area contributed by atoms with Crippen molar-refractivity contribution in [3.8, 4) is 5.75 Å². The average molecular weight is 494 g/mol. The summed E-state index contributed by atoms with van der Waals surface area (Å²) in [6.45, 7) is 3.98. The van der Waals surface area contributed by atoms with Gasteiger partial charge in [0.05, 0.1) is 6.61 Å². The van der Waals surface area contributed by atoms with Crippen molar-refractivity contribution in [1.82, 2.24) is 5.32 Å². The normalized spacial score (nSPS) is 21.3. The highest BCUT2D eigenvalue weighted by Crippen LogP contribution is 2.38. The lowest BCUT2D eigenvalue weighted by Crippen LogP contribution is -2.56. The summed E-state index contributed by atoms with van der Waals surface area (Å²) < 4.78 is 45.7. The Morgan fingerprint density at radius 3 is 2.46 bits per heavy atom. The summed E-state index contributed by atoms with van der Waals surface area (Å²) in [6, 6.07) is 11.0. The molecule has 1 aliphatic carbocycles. The first-order valence-electron chi connectivity index (χ1n) is 11.5. The van der Waals surface area contributed by atoms with E-state index in [1.54, 1.807) is 0 Å². The van der Waals surface area contributed by atoms with Crippen LogP contribution in [0.3, 0.4) is 0 Å². The maximum Gasteiger partial charge on any atom is 0.418 e. The number of rotatable bonds is 8. The number of carbonyl (C=O) groups is 2. The largest absolute Gasteiger partial charge is 0.493 e. The lowest BCUT2D eigenvalue weighted by Gasteiger charge is -2.36. The molecule has 1 amide bonds. The molecule has 1 aliphatic rings. The number of ether oxygens (including phenoxy) is 1. The topological polar surface area (TPSA) is 95.9 Å². The van der Waals surface area contributed by atoms with Crippen molar-refractivity contribution in [1.29, 1.82) is 0 Å². The van der Waals surface area contributed by atoms with Gasteiger partial charge < -0.3 is 20.3 Å². The number of carboxylic acids is 1. The van der Waals surface area contributed by atoms with Crippen molar-refractivity contribution in [3.05, 3.63) is 64.7 Å². The molecule has 0 heterocycles. The van der Waals surface area contributed by atoms with Crippen molar-refractivity contribution >= 4 is 11.9 Å². The van der Waals surface area contributed by atoms with E-state index in [1.165, 1.54) is 12.1 Å². The first-order chi connectivity index (χ1) is 16.4. The molecule has 0 aromatic heterocycles. The summed E-state index contributed by atoms with van der Waals surface area (Å²) >= 11 is 0. The molecule has 0 saturated heterocycles. The molecule has 1 atom stereocenters. The van der Waals surface area contributed by atoms with Crippen LogP contribution in [0.25, 0.3) is 0 Å². The summed E-state index contributed by atoms with van der Waals surface area (Å²) in [5.74, 6) is -1.86. The third-order valence-corrected chi connectivity index (χ3v) is 6.50. The van der Waals surface area contributed by atoms with Crippen LogP contribution in [0.15, 0.2) is 42.5 Å². The van der Waals surface area contributed by atoms with Crippen LogP contribution in [0.1, 0.15) is 65.8 Å². The molecule has 2 aromatic carbocycles. The van der Waals surface area contributed by atoms with Crippen LogP contribution in [0.4, 0.5) is 13.2 Å². The maximum atomic E-state index is 13.4. The molecular weight excluding hydrogens is 463 g/mol. The van der Waals surface area contributed by atoms with Gasteiger partial charge in [-0.05, 0) is 62.3 Å². The summed E-state index contributed by atoms with van der Waals surface area (Å²) in [7, 11) is 0. The number of aliphatic hydroxyl groups excluding tert-OH is 1. The molecule has 6 nitrogen and oxygen atoms in total. The summed E-state index contributed by atoms with van der Waals surface area (Å²) in [5, 5.41) is 22.2. The van der Waals surface area contributed by atoms with Crippen molar-refractivity contribution in [2.75, 3.05) is 6.61 Å². The molecule has 1 saturated carbocycles. The minimum absolute atomic E-state index is 0.0624. The Labute approximate surface area is 202 Å². The maximum absolute atomic E-state index is 13.4. The third kappa shape index (κ3) is 6.54. The van der Waals surface area contributed by atoms with Crippen molar-refractivity contribution in [2.24, 2.45) is 5.92 Å². The number of hydrogen-bond acceptors (Lipinski definition) is 4. The van der Waals surface area contributed by atoms with Gasteiger partial charge in [0.25, 0.3) is 5.91 Å². The van der Waals surface area contributed by atoms with E-state index in [9.17, 15) is 33.0 Å². The number of aliphatic carboxylic acids is 1. The Morgan fingerprint density at radius 1 is 1.17 bits per heavy atom. The van der Waals surface area contributed by atoms with Crippen molar-refractivity contribution in [3.63, 3.8) is 0 Å². The minimum Gasteiger partial charge on any atom is -0.493 e. The number of amides is 1. The first-order valence-corrected chi connectivity index (χ1v) is 11.5. The molecule has 0 unspecified atom stereocenters. The molecule has 3 N–H and O–H groups in total. The Hall–Kier alpha value is -3.07. The second-order valence-electron chi connectivity index (χ2n) is 9.31. The molecule has 9 heteroatoms. The molecule has 190 valence electrons. The summed E-state index contributed by atoms with van der Waals surface area (Å²) in [5.41, 5.74) is -0.281. The van der Waals surface area contributed by atoms with Gasteiger partial charge in [-0.25, -0.2) is 4.79 Å². The van der Waals surface area contributed by atoms with Crippen LogP contribution >= 0.6 is 0 Å². The molecule has 1 fully saturated rings. The van der Waals surface area contributed by atoms with Crippen LogP contribution in [0, 0.1) is 12.8 Å². The number of carboxylic acid groups (broad SMARTS) is 1.